The van der Waals surface area contributed by atoms with Gasteiger partial charge in [0.15, 0.2) is 17.2 Å². The maximum absolute atomic E-state index is 11.2. The molecule has 0 bridgehead atoms. The van der Waals surface area contributed by atoms with Gasteiger partial charge < -0.3 is 24.1 Å². The first-order valence-corrected chi connectivity index (χ1v) is 7.09. The summed E-state index contributed by atoms with van der Waals surface area (Å²) in [6.45, 7) is 3.34. The number of carbonyl (C=O) groups excluding carboxylic acids is 3. The van der Waals surface area contributed by atoms with Crippen molar-refractivity contribution in [2.24, 2.45) is 0 Å². The van der Waals surface area contributed by atoms with Crippen LogP contribution in [-0.4, -0.2) is 59.1 Å². The predicted octanol–water partition coefficient (Wildman–Crippen LogP) is -0.106. The molecule has 1 N–H and O–H groups in total. The van der Waals surface area contributed by atoms with Crippen LogP contribution >= 0.6 is 15.9 Å². The van der Waals surface area contributed by atoms with Crippen LogP contribution in [0.2, 0.25) is 0 Å². The van der Waals surface area contributed by atoms with E-state index in [0.717, 1.165) is 6.92 Å². The molecule has 5 unspecified atom stereocenters. The number of hydrogen-bond acceptors (Lipinski definition) is 8. The van der Waals surface area contributed by atoms with E-state index in [-0.39, 0.29) is 6.61 Å². The van der Waals surface area contributed by atoms with E-state index < -0.39 is 47.3 Å². The summed E-state index contributed by atoms with van der Waals surface area (Å²) in [5.74, 6) is -1.80. The fraction of sp³-hybridized carbons (Fsp3) is 0.750. The smallest absolute Gasteiger partial charge is 0.303 e. The van der Waals surface area contributed by atoms with Crippen molar-refractivity contribution < 1.29 is 38.4 Å². The number of halogens is 1. The summed E-state index contributed by atoms with van der Waals surface area (Å²) in [4.78, 5) is 33.1. The average molecular weight is 369 g/mol. The van der Waals surface area contributed by atoms with Gasteiger partial charge in [-0.1, -0.05) is 15.9 Å². The first-order valence-electron chi connectivity index (χ1n) is 6.17. The van der Waals surface area contributed by atoms with Crippen molar-refractivity contribution in [2.45, 2.75) is 50.2 Å². The van der Waals surface area contributed by atoms with Crippen LogP contribution in [0.1, 0.15) is 20.8 Å². The molecule has 1 aliphatic heterocycles. The lowest BCUT2D eigenvalue weighted by molar-refractivity contribution is -0.229. The molecule has 0 radical (unpaired) electrons. The summed E-state index contributed by atoms with van der Waals surface area (Å²) in [7, 11) is 0. The summed E-state index contributed by atoms with van der Waals surface area (Å²) in [6, 6.07) is 0. The third-order valence-corrected chi connectivity index (χ3v) is 3.40. The Morgan fingerprint density at radius 3 is 2.05 bits per heavy atom. The fourth-order valence-electron chi connectivity index (χ4n) is 1.86. The Kier molecular flexibility index (Phi) is 6.56. The molecule has 0 aromatic heterocycles. The minimum Gasteiger partial charge on any atom is -0.463 e. The largest absolute Gasteiger partial charge is 0.463 e. The van der Waals surface area contributed by atoms with Gasteiger partial charge in [-0.05, 0) is 0 Å². The van der Waals surface area contributed by atoms with Gasteiger partial charge in [-0.25, -0.2) is 0 Å². The standard InChI is InChI=1S/C12H17BrO8/c1-5(14)18-4-8-9(17)10(19-6(2)15)11(12(13)21-8)20-7(3)16/h8-12,17H,4H2,1-3H3. The number of aliphatic hydroxyl groups excluding tert-OH is 1. The average Bonchev–Trinajstić information content (AvgIpc) is 2.35. The second-order valence-corrected chi connectivity index (χ2v) is 5.37. The molecular weight excluding hydrogens is 352 g/mol. The van der Waals surface area contributed by atoms with E-state index in [1.54, 1.807) is 0 Å². The highest BCUT2D eigenvalue weighted by Crippen LogP contribution is 2.29. The Balaban J connectivity index is 2.87. The zero-order valence-electron chi connectivity index (χ0n) is 11.8. The highest BCUT2D eigenvalue weighted by molar-refractivity contribution is 9.09. The van der Waals surface area contributed by atoms with Gasteiger partial charge in [0.25, 0.3) is 0 Å². The minimum atomic E-state index is -1.31. The molecule has 0 aliphatic carbocycles. The van der Waals surface area contributed by atoms with Gasteiger partial charge in [-0.3, -0.25) is 14.4 Å². The normalized spacial score (nSPS) is 32.1. The summed E-state index contributed by atoms with van der Waals surface area (Å²) in [5, 5.41) is 9.36. The second-order valence-electron chi connectivity index (χ2n) is 4.47. The van der Waals surface area contributed by atoms with E-state index in [4.69, 9.17) is 18.9 Å². The van der Waals surface area contributed by atoms with Crippen LogP contribution in [0.3, 0.4) is 0 Å². The second kappa shape index (κ2) is 7.71. The van der Waals surface area contributed by atoms with Crippen LogP contribution in [0.25, 0.3) is 0 Å². The minimum absolute atomic E-state index is 0.219. The number of ether oxygens (including phenoxy) is 4. The lowest BCUT2D eigenvalue weighted by Crippen LogP contribution is -2.59. The van der Waals surface area contributed by atoms with E-state index >= 15 is 0 Å². The SMILES string of the molecule is CC(=O)OCC1OC(Br)C(OC(C)=O)C(OC(C)=O)C1O. The monoisotopic (exact) mass is 368 g/mol. The van der Waals surface area contributed by atoms with Gasteiger partial charge in [0.2, 0.25) is 0 Å². The molecule has 1 aliphatic rings. The van der Waals surface area contributed by atoms with Gasteiger partial charge >= 0.3 is 17.9 Å². The van der Waals surface area contributed by atoms with Gasteiger partial charge in [-0.15, -0.1) is 0 Å². The molecule has 0 spiro atoms. The number of hydrogen-bond donors (Lipinski definition) is 1. The first-order chi connectivity index (χ1) is 9.72. The van der Waals surface area contributed by atoms with Crippen molar-refractivity contribution in [3.8, 4) is 0 Å². The summed E-state index contributed by atoms with van der Waals surface area (Å²) < 4.78 is 20.2. The van der Waals surface area contributed by atoms with Crippen molar-refractivity contribution in [3.05, 3.63) is 0 Å². The molecule has 8 nitrogen and oxygen atoms in total. The van der Waals surface area contributed by atoms with Gasteiger partial charge in [-0.2, -0.15) is 0 Å². The molecular formula is C12H17BrO8. The van der Waals surface area contributed by atoms with Crippen LogP contribution in [0, 0.1) is 0 Å². The van der Waals surface area contributed by atoms with E-state index in [2.05, 4.69) is 15.9 Å². The zero-order valence-corrected chi connectivity index (χ0v) is 13.4. The number of aliphatic hydroxyl groups is 1. The molecule has 21 heavy (non-hydrogen) atoms. The maximum Gasteiger partial charge on any atom is 0.303 e. The Bertz CT molecular complexity index is 412. The Labute approximate surface area is 129 Å². The van der Waals surface area contributed by atoms with Crippen molar-refractivity contribution in [1.82, 2.24) is 0 Å². The van der Waals surface area contributed by atoms with Crippen molar-refractivity contribution >= 4 is 33.8 Å². The molecule has 0 saturated carbocycles. The molecule has 0 amide bonds. The zero-order chi connectivity index (χ0) is 16.2. The molecule has 1 rings (SSSR count). The van der Waals surface area contributed by atoms with Crippen molar-refractivity contribution in [3.63, 3.8) is 0 Å². The molecule has 1 saturated heterocycles. The highest BCUT2D eigenvalue weighted by Gasteiger charge is 2.48. The van der Waals surface area contributed by atoms with Crippen LogP contribution < -0.4 is 0 Å². The van der Waals surface area contributed by atoms with Gasteiger partial charge in [0.1, 0.15) is 18.8 Å². The Hall–Kier alpha value is -1.19. The van der Waals surface area contributed by atoms with Crippen LogP contribution in [-0.2, 0) is 33.3 Å². The van der Waals surface area contributed by atoms with E-state index in [1.807, 2.05) is 0 Å². The molecule has 5 atom stereocenters. The fourth-order valence-corrected chi connectivity index (χ4v) is 2.54. The number of carbonyl (C=O) groups is 3. The highest BCUT2D eigenvalue weighted by atomic mass is 79.9. The van der Waals surface area contributed by atoms with Gasteiger partial charge in [0.05, 0.1) is 0 Å². The maximum atomic E-state index is 11.2. The molecule has 1 heterocycles. The Morgan fingerprint density at radius 2 is 1.57 bits per heavy atom. The number of alkyl halides is 1. The van der Waals surface area contributed by atoms with Crippen molar-refractivity contribution in [2.75, 3.05) is 6.61 Å². The quantitative estimate of drug-likeness (QED) is 0.416. The van der Waals surface area contributed by atoms with Crippen LogP contribution in [0.4, 0.5) is 0 Å². The summed E-state index contributed by atoms with van der Waals surface area (Å²) in [5.41, 5.74) is 0. The number of esters is 3. The molecule has 9 heteroatoms. The lowest BCUT2D eigenvalue weighted by atomic mass is 10.00. The Morgan fingerprint density at radius 1 is 1.05 bits per heavy atom. The van der Waals surface area contributed by atoms with Crippen LogP contribution in [0.15, 0.2) is 0 Å². The van der Waals surface area contributed by atoms with Crippen molar-refractivity contribution in [1.29, 1.82) is 0 Å². The summed E-state index contributed by atoms with van der Waals surface area (Å²) in [6.07, 6.45) is -4.39. The molecule has 1 fully saturated rings. The van der Waals surface area contributed by atoms with Gasteiger partial charge in [0, 0.05) is 20.8 Å². The third-order valence-electron chi connectivity index (χ3n) is 2.66. The molecule has 120 valence electrons. The molecule has 0 aromatic rings. The van der Waals surface area contributed by atoms with E-state index in [0.29, 0.717) is 0 Å². The number of rotatable bonds is 4. The topological polar surface area (TPSA) is 108 Å². The van der Waals surface area contributed by atoms with E-state index in [1.165, 1.54) is 13.8 Å². The van der Waals surface area contributed by atoms with E-state index in [9.17, 15) is 19.5 Å². The van der Waals surface area contributed by atoms with Crippen LogP contribution in [0.5, 0.6) is 0 Å². The summed E-state index contributed by atoms with van der Waals surface area (Å²) >= 11 is 3.15. The third kappa shape index (κ3) is 5.25. The lowest BCUT2D eigenvalue weighted by Gasteiger charge is -2.41. The first kappa shape index (κ1) is 17.9. The molecule has 0 aromatic carbocycles. The predicted molar refractivity (Wildman–Crippen MR) is 71.3 cm³/mol.